The third-order valence-electron chi connectivity index (χ3n) is 2.31. The molecule has 3 heteroatoms. The summed E-state index contributed by atoms with van der Waals surface area (Å²) in [6.07, 6.45) is 0. The van der Waals surface area contributed by atoms with E-state index in [1.165, 1.54) is 5.56 Å². The zero-order valence-electron chi connectivity index (χ0n) is 9.12. The Morgan fingerprint density at radius 1 is 1.40 bits per heavy atom. The van der Waals surface area contributed by atoms with E-state index in [0.717, 1.165) is 11.3 Å². The van der Waals surface area contributed by atoms with Gasteiger partial charge in [0.15, 0.2) is 0 Å². The van der Waals surface area contributed by atoms with Crippen LogP contribution in [0.4, 0.5) is 0 Å². The molecule has 1 aromatic carbocycles. The van der Waals surface area contributed by atoms with Crippen LogP contribution in [0.15, 0.2) is 18.2 Å². The molecule has 80 valence electrons. The molecule has 1 atom stereocenters. The largest absolute Gasteiger partial charge is 0.496 e. The van der Waals surface area contributed by atoms with Crippen molar-refractivity contribution in [3.63, 3.8) is 0 Å². The van der Waals surface area contributed by atoms with Crippen molar-refractivity contribution in [3.05, 3.63) is 29.3 Å². The molecule has 1 rings (SSSR count). The van der Waals surface area contributed by atoms with E-state index in [2.05, 4.69) is 35.8 Å². The van der Waals surface area contributed by atoms with Gasteiger partial charge in [0.2, 0.25) is 0 Å². The molecule has 1 unspecified atom stereocenters. The van der Waals surface area contributed by atoms with Gasteiger partial charge in [-0.2, -0.15) is 5.26 Å². The fourth-order valence-corrected chi connectivity index (χ4v) is 1.74. The first-order chi connectivity index (χ1) is 7.10. The first kappa shape index (κ1) is 12.1. The minimum atomic E-state index is -0.314. The Morgan fingerprint density at radius 2 is 2.07 bits per heavy atom. The van der Waals surface area contributed by atoms with E-state index >= 15 is 0 Å². The molecule has 2 nitrogen and oxygen atoms in total. The van der Waals surface area contributed by atoms with Crippen LogP contribution in [0.5, 0.6) is 5.75 Å². The van der Waals surface area contributed by atoms with E-state index in [4.69, 9.17) is 10.00 Å². The molecule has 0 radical (unpaired) electrons. The highest BCUT2D eigenvalue weighted by Crippen LogP contribution is 2.33. The molecule has 0 bridgehead atoms. The fourth-order valence-electron chi connectivity index (χ4n) is 1.38. The minimum Gasteiger partial charge on any atom is -0.496 e. The van der Waals surface area contributed by atoms with Crippen molar-refractivity contribution < 1.29 is 4.74 Å². The summed E-state index contributed by atoms with van der Waals surface area (Å²) in [5, 5.41) is 8.89. The predicted octanol–water partition coefficient (Wildman–Crippen LogP) is 3.78. The molecule has 0 heterocycles. The summed E-state index contributed by atoms with van der Waals surface area (Å²) < 4.78 is 5.22. The third-order valence-corrected chi connectivity index (χ3v) is 3.00. The molecule has 0 saturated carbocycles. The van der Waals surface area contributed by atoms with Crippen molar-refractivity contribution in [2.24, 2.45) is 0 Å². The number of benzene rings is 1. The van der Waals surface area contributed by atoms with E-state index in [1.54, 1.807) is 7.11 Å². The van der Waals surface area contributed by atoms with E-state index in [-0.39, 0.29) is 4.83 Å². The van der Waals surface area contributed by atoms with Crippen LogP contribution in [0, 0.1) is 11.3 Å². The van der Waals surface area contributed by atoms with Gasteiger partial charge in [-0.05, 0) is 23.6 Å². The van der Waals surface area contributed by atoms with Gasteiger partial charge in [0.1, 0.15) is 10.6 Å². The maximum absolute atomic E-state index is 8.89. The second-order valence-electron chi connectivity index (χ2n) is 3.65. The van der Waals surface area contributed by atoms with Crippen molar-refractivity contribution in [3.8, 4) is 11.8 Å². The summed E-state index contributed by atoms with van der Waals surface area (Å²) >= 11 is 3.32. The second kappa shape index (κ2) is 5.18. The monoisotopic (exact) mass is 267 g/mol. The molecule has 0 N–H and O–H groups in total. The van der Waals surface area contributed by atoms with Crippen LogP contribution in [0.3, 0.4) is 0 Å². The van der Waals surface area contributed by atoms with Gasteiger partial charge in [0, 0.05) is 5.56 Å². The van der Waals surface area contributed by atoms with Crippen molar-refractivity contribution in [2.45, 2.75) is 24.6 Å². The van der Waals surface area contributed by atoms with Crippen molar-refractivity contribution in [1.29, 1.82) is 5.26 Å². The third kappa shape index (κ3) is 2.73. The zero-order valence-corrected chi connectivity index (χ0v) is 10.7. The topological polar surface area (TPSA) is 33.0 Å². The van der Waals surface area contributed by atoms with Gasteiger partial charge in [-0.1, -0.05) is 35.8 Å². The highest BCUT2D eigenvalue weighted by atomic mass is 79.9. The highest BCUT2D eigenvalue weighted by Gasteiger charge is 2.13. The number of nitriles is 1. The number of alkyl halides is 1. The van der Waals surface area contributed by atoms with Crippen LogP contribution < -0.4 is 4.74 Å². The van der Waals surface area contributed by atoms with E-state index in [9.17, 15) is 0 Å². The average Bonchev–Trinajstić information content (AvgIpc) is 2.27. The number of hydrogen-bond acceptors (Lipinski definition) is 2. The summed E-state index contributed by atoms with van der Waals surface area (Å²) in [4.78, 5) is -0.314. The molecule has 0 aromatic heterocycles. The van der Waals surface area contributed by atoms with Gasteiger partial charge < -0.3 is 4.74 Å². The van der Waals surface area contributed by atoms with Gasteiger partial charge in [0.25, 0.3) is 0 Å². The first-order valence-electron chi connectivity index (χ1n) is 4.81. The SMILES string of the molecule is COc1ccc(C(C)C)cc1C(Br)C#N. The lowest BCUT2D eigenvalue weighted by atomic mass is 9.99. The number of hydrogen-bond donors (Lipinski definition) is 0. The number of rotatable bonds is 3. The van der Waals surface area contributed by atoms with Crippen molar-refractivity contribution in [1.82, 2.24) is 0 Å². The van der Waals surface area contributed by atoms with Crippen LogP contribution in [-0.4, -0.2) is 7.11 Å². The Balaban J connectivity index is 3.20. The summed E-state index contributed by atoms with van der Waals surface area (Å²) in [7, 11) is 1.62. The molecule has 0 saturated heterocycles. The Morgan fingerprint density at radius 3 is 2.53 bits per heavy atom. The average molecular weight is 268 g/mol. The Hall–Kier alpha value is -1.01. The smallest absolute Gasteiger partial charge is 0.130 e. The molecule has 15 heavy (non-hydrogen) atoms. The molecule has 0 amide bonds. The molecule has 0 aliphatic heterocycles. The summed E-state index contributed by atoms with van der Waals surface area (Å²) in [6, 6.07) is 8.12. The van der Waals surface area contributed by atoms with Crippen LogP contribution >= 0.6 is 15.9 Å². The lowest BCUT2D eigenvalue weighted by Crippen LogP contribution is -1.96. The number of halogens is 1. The first-order valence-corrected chi connectivity index (χ1v) is 5.73. The maximum atomic E-state index is 8.89. The van der Waals surface area contributed by atoms with Gasteiger partial charge in [-0.15, -0.1) is 0 Å². The van der Waals surface area contributed by atoms with Gasteiger partial charge in [-0.3, -0.25) is 0 Å². The van der Waals surface area contributed by atoms with Crippen LogP contribution in [0.2, 0.25) is 0 Å². The standard InChI is InChI=1S/C12H14BrNO/c1-8(2)9-4-5-12(15-3)10(6-9)11(13)7-14/h4-6,8,11H,1-3H3. The highest BCUT2D eigenvalue weighted by molar-refractivity contribution is 9.09. The van der Waals surface area contributed by atoms with E-state index < -0.39 is 0 Å². The van der Waals surface area contributed by atoms with E-state index in [1.807, 2.05) is 18.2 Å². The lowest BCUT2D eigenvalue weighted by Gasteiger charge is -2.13. The second-order valence-corrected chi connectivity index (χ2v) is 4.56. The fraction of sp³-hybridized carbons (Fsp3) is 0.417. The molecule has 0 spiro atoms. The Kier molecular flexibility index (Phi) is 4.16. The maximum Gasteiger partial charge on any atom is 0.130 e. The summed E-state index contributed by atoms with van der Waals surface area (Å²) in [5.74, 6) is 1.20. The number of ether oxygens (including phenoxy) is 1. The summed E-state index contributed by atoms with van der Waals surface area (Å²) in [5.41, 5.74) is 2.11. The van der Waals surface area contributed by atoms with Crippen LogP contribution in [-0.2, 0) is 0 Å². The predicted molar refractivity (Wildman–Crippen MR) is 64.4 cm³/mol. The number of nitrogens with zero attached hydrogens (tertiary/aromatic N) is 1. The normalized spacial score (nSPS) is 12.3. The molecular formula is C12H14BrNO. The van der Waals surface area contributed by atoms with Crippen LogP contribution in [0.1, 0.15) is 35.7 Å². The Labute approximate surface area is 99.0 Å². The molecular weight excluding hydrogens is 254 g/mol. The number of methoxy groups -OCH3 is 1. The molecule has 1 aromatic rings. The summed E-state index contributed by atoms with van der Waals surface area (Å²) in [6.45, 7) is 4.25. The molecule has 0 fully saturated rings. The molecule has 0 aliphatic carbocycles. The van der Waals surface area contributed by atoms with Crippen molar-refractivity contribution in [2.75, 3.05) is 7.11 Å². The van der Waals surface area contributed by atoms with Gasteiger partial charge >= 0.3 is 0 Å². The van der Waals surface area contributed by atoms with Gasteiger partial charge in [0.05, 0.1) is 13.2 Å². The minimum absolute atomic E-state index is 0.314. The molecule has 0 aliphatic rings. The zero-order chi connectivity index (χ0) is 11.4. The van der Waals surface area contributed by atoms with Crippen LogP contribution in [0.25, 0.3) is 0 Å². The van der Waals surface area contributed by atoms with E-state index in [0.29, 0.717) is 5.92 Å². The Bertz CT molecular complexity index is 382. The van der Waals surface area contributed by atoms with Crippen molar-refractivity contribution >= 4 is 15.9 Å². The lowest BCUT2D eigenvalue weighted by molar-refractivity contribution is 0.410. The quantitative estimate of drug-likeness (QED) is 0.781. The van der Waals surface area contributed by atoms with Gasteiger partial charge in [-0.25, -0.2) is 0 Å².